The monoisotopic (exact) mass is 323 g/mol. The first kappa shape index (κ1) is 15.2. The van der Waals surface area contributed by atoms with Gasteiger partial charge in [-0.25, -0.2) is 9.97 Å². The Labute approximate surface area is 143 Å². The van der Waals surface area contributed by atoms with E-state index in [1.807, 2.05) is 0 Å². The molecule has 1 saturated carbocycles. The van der Waals surface area contributed by atoms with Gasteiger partial charge in [0.1, 0.15) is 12.0 Å². The van der Waals surface area contributed by atoms with Crippen LogP contribution in [-0.4, -0.2) is 22.6 Å². The summed E-state index contributed by atoms with van der Waals surface area (Å²) in [6, 6.07) is 8.95. The highest BCUT2D eigenvalue weighted by atomic mass is 15.2. The minimum atomic E-state index is 0.475. The topological polar surface area (TPSA) is 67.1 Å². The molecule has 3 N–H and O–H groups in total. The number of nitrogens with zero attached hydrogens (tertiary/aromatic N) is 3. The average Bonchev–Trinajstić information content (AvgIpc) is 2.86. The van der Waals surface area contributed by atoms with Gasteiger partial charge < -0.3 is 16.0 Å². The molecule has 2 aliphatic rings. The zero-order valence-electron chi connectivity index (χ0n) is 14.0. The molecule has 0 amide bonds. The van der Waals surface area contributed by atoms with Crippen LogP contribution in [0.25, 0.3) is 0 Å². The van der Waals surface area contributed by atoms with E-state index in [4.69, 9.17) is 5.73 Å². The summed E-state index contributed by atoms with van der Waals surface area (Å²) < 4.78 is 0. The van der Waals surface area contributed by atoms with Crippen LogP contribution in [0.3, 0.4) is 0 Å². The largest absolute Gasteiger partial charge is 0.393 e. The predicted molar refractivity (Wildman–Crippen MR) is 98.7 cm³/mol. The molecule has 1 aliphatic heterocycles. The van der Waals surface area contributed by atoms with Crippen molar-refractivity contribution in [1.82, 2.24) is 9.97 Å². The Morgan fingerprint density at radius 2 is 1.83 bits per heavy atom. The van der Waals surface area contributed by atoms with Gasteiger partial charge in [-0.2, -0.15) is 0 Å². The molecule has 1 aliphatic carbocycles. The number of hydrogen-bond donors (Lipinski definition) is 2. The van der Waals surface area contributed by atoms with Gasteiger partial charge in [-0.15, -0.1) is 0 Å². The van der Waals surface area contributed by atoms with Gasteiger partial charge in [-0.05, 0) is 30.9 Å². The summed E-state index contributed by atoms with van der Waals surface area (Å²) in [4.78, 5) is 11.1. The van der Waals surface area contributed by atoms with Gasteiger partial charge in [0.15, 0.2) is 11.6 Å². The summed E-state index contributed by atoms with van der Waals surface area (Å²) in [6.45, 7) is 0.920. The molecule has 0 spiro atoms. The van der Waals surface area contributed by atoms with Crippen molar-refractivity contribution in [1.29, 1.82) is 0 Å². The van der Waals surface area contributed by atoms with Crippen molar-refractivity contribution in [3.63, 3.8) is 0 Å². The second-order valence-corrected chi connectivity index (χ2v) is 6.82. The number of fused-ring (bicyclic) bond motifs is 1. The lowest BCUT2D eigenvalue weighted by Crippen LogP contribution is -2.22. The normalized spacial score (nSPS) is 18.2. The van der Waals surface area contributed by atoms with E-state index >= 15 is 0 Å². The van der Waals surface area contributed by atoms with Gasteiger partial charge in [0, 0.05) is 18.3 Å². The van der Waals surface area contributed by atoms with Crippen LogP contribution in [0.2, 0.25) is 0 Å². The van der Waals surface area contributed by atoms with Crippen molar-refractivity contribution >= 4 is 23.0 Å². The lowest BCUT2D eigenvalue weighted by atomic mass is 10.1. The fourth-order valence-electron chi connectivity index (χ4n) is 3.89. The van der Waals surface area contributed by atoms with Crippen molar-refractivity contribution < 1.29 is 0 Å². The number of anilines is 4. The van der Waals surface area contributed by atoms with E-state index in [2.05, 4.69) is 44.5 Å². The Morgan fingerprint density at radius 3 is 2.67 bits per heavy atom. The van der Waals surface area contributed by atoms with Crippen LogP contribution in [0.1, 0.15) is 44.1 Å². The maximum atomic E-state index is 6.45. The van der Waals surface area contributed by atoms with Crippen molar-refractivity contribution in [2.75, 3.05) is 22.5 Å². The molecule has 0 bridgehead atoms. The number of hydrogen-bond acceptors (Lipinski definition) is 5. The molecular formula is C19H25N5. The second-order valence-electron chi connectivity index (χ2n) is 6.82. The SMILES string of the molecule is Nc1c(NC2CCCCCC2)ncnc1N1CCc2ccccc21. The smallest absolute Gasteiger partial charge is 0.161 e. The van der Waals surface area contributed by atoms with E-state index in [0.29, 0.717) is 11.7 Å². The standard InChI is InChI=1S/C19H25N5/c20-17-18(23-15-8-3-1-2-4-9-15)21-13-22-19(17)24-12-11-14-7-5-6-10-16(14)24/h5-7,10,13,15H,1-4,8-9,11-12,20H2,(H,21,22,23). The molecule has 4 rings (SSSR count). The molecule has 1 aromatic heterocycles. The molecule has 2 aromatic rings. The molecule has 1 aromatic carbocycles. The number of aromatic nitrogens is 2. The molecule has 5 nitrogen and oxygen atoms in total. The maximum absolute atomic E-state index is 6.45. The Balaban J connectivity index is 1.59. The van der Waals surface area contributed by atoms with Crippen molar-refractivity contribution in [3.8, 4) is 0 Å². The summed E-state index contributed by atoms with van der Waals surface area (Å²) in [5.74, 6) is 1.61. The van der Waals surface area contributed by atoms with Gasteiger partial charge in [-0.1, -0.05) is 43.9 Å². The van der Waals surface area contributed by atoms with E-state index in [-0.39, 0.29) is 0 Å². The predicted octanol–water partition coefficient (Wildman–Crippen LogP) is 3.89. The third kappa shape index (κ3) is 2.90. The molecule has 1 fully saturated rings. The Hall–Kier alpha value is -2.30. The highest BCUT2D eigenvalue weighted by Gasteiger charge is 2.24. The Morgan fingerprint density at radius 1 is 1.04 bits per heavy atom. The van der Waals surface area contributed by atoms with Gasteiger partial charge in [-0.3, -0.25) is 0 Å². The van der Waals surface area contributed by atoms with Crippen molar-refractivity contribution in [3.05, 3.63) is 36.2 Å². The number of nitrogens with two attached hydrogens (primary N) is 1. The highest BCUT2D eigenvalue weighted by Crippen LogP contribution is 2.38. The first-order valence-corrected chi connectivity index (χ1v) is 9.05. The van der Waals surface area contributed by atoms with Crippen LogP contribution >= 0.6 is 0 Å². The minimum absolute atomic E-state index is 0.475. The number of para-hydroxylation sites is 1. The summed E-state index contributed by atoms with van der Waals surface area (Å²) >= 11 is 0. The molecule has 0 radical (unpaired) electrons. The number of benzene rings is 1. The summed E-state index contributed by atoms with van der Waals surface area (Å²) in [5, 5.41) is 3.57. The Kier molecular flexibility index (Phi) is 4.24. The fraction of sp³-hybridized carbons (Fsp3) is 0.474. The lowest BCUT2D eigenvalue weighted by Gasteiger charge is -2.23. The highest BCUT2D eigenvalue weighted by molar-refractivity contribution is 5.81. The molecule has 126 valence electrons. The first-order chi connectivity index (χ1) is 11.8. The average molecular weight is 323 g/mol. The zero-order chi connectivity index (χ0) is 16.4. The molecule has 5 heteroatoms. The third-order valence-electron chi connectivity index (χ3n) is 5.20. The molecule has 0 saturated heterocycles. The summed E-state index contributed by atoms with van der Waals surface area (Å²) in [7, 11) is 0. The van der Waals surface area contributed by atoms with Gasteiger partial charge >= 0.3 is 0 Å². The summed E-state index contributed by atoms with van der Waals surface area (Å²) in [6.07, 6.45) is 10.3. The van der Waals surface area contributed by atoms with Crippen LogP contribution in [0.5, 0.6) is 0 Å². The van der Waals surface area contributed by atoms with Crippen LogP contribution < -0.4 is 16.0 Å². The van der Waals surface area contributed by atoms with Crippen LogP contribution in [0, 0.1) is 0 Å². The number of rotatable bonds is 3. The zero-order valence-corrected chi connectivity index (χ0v) is 14.0. The van der Waals surface area contributed by atoms with E-state index < -0.39 is 0 Å². The van der Waals surface area contributed by atoms with Crippen LogP contribution in [0.15, 0.2) is 30.6 Å². The van der Waals surface area contributed by atoms with Gasteiger partial charge in [0.2, 0.25) is 0 Å². The summed E-state index contributed by atoms with van der Waals surface area (Å²) in [5.41, 5.74) is 9.68. The van der Waals surface area contributed by atoms with E-state index in [1.54, 1.807) is 6.33 Å². The molecule has 0 unspecified atom stereocenters. The lowest BCUT2D eigenvalue weighted by molar-refractivity contribution is 0.618. The van der Waals surface area contributed by atoms with E-state index in [0.717, 1.165) is 24.6 Å². The number of nitrogen functional groups attached to an aromatic ring is 1. The molecule has 0 atom stereocenters. The first-order valence-electron chi connectivity index (χ1n) is 9.05. The maximum Gasteiger partial charge on any atom is 0.161 e. The third-order valence-corrected chi connectivity index (χ3v) is 5.20. The fourth-order valence-corrected chi connectivity index (χ4v) is 3.89. The Bertz CT molecular complexity index is 707. The van der Waals surface area contributed by atoms with E-state index in [9.17, 15) is 0 Å². The van der Waals surface area contributed by atoms with E-state index in [1.165, 1.54) is 49.8 Å². The van der Waals surface area contributed by atoms with Crippen LogP contribution in [0.4, 0.5) is 23.0 Å². The van der Waals surface area contributed by atoms with Gasteiger partial charge in [0.05, 0.1) is 0 Å². The second kappa shape index (κ2) is 6.67. The molecular weight excluding hydrogens is 298 g/mol. The number of nitrogens with one attached hydrogen (secondary N) is 1. The van der Waals surface area contributed by atoms with Crippen molar-refractivity contribution in [2.24, 2.45) is 0 Å². The van der Waals surface area contributed by atoms with Gasteiger partial charge in [0.25, 0.3) is 0 Å². The van der Waals surface area contributed by atoms with Crippen LogP contribution in [-0.2, 0) is 6.42 Å². The van der Waals surface area contributed by atoms with Crippen molar-refractivity contribution in [2.45, 2.75) is 51.0 Å². The quantitative estimate of drug-likeness (QED) is 0.839. The minimum Gasteiger partial charge on any atom is -0.393 e. The molecule has 24 heavy (non-hydrogen) atoms. The molecule has 2 heterocycles.